The fourth-order valence-corrected chi connectivity index (χ4v) is 1.48. The van der Waals surface area contributed by atoms with Crippen LogP contribution in [-0.4, -0.2) is 4.98 Å². The van der Waals surface area contributed by atoms with E-state index in [0.29, 0.717) is 6.54 Å². The van der Waals surface area contributed by atoms with Crippen molar-refractivity contribution in [3.63, 3.8) is 0 Å². The lowest BCUT2D eigenvalue weighted by atomic mass is 10.0. The van der Waals surface area contributed by atoms with Crippen molar-refractivity contribution < 1.29 is 0 Å². The number of nitrogens with two attached hydrogens (primary N) is 1. The van der Waals surface area contributed by atoms with Gasteiger partial charge in [-0.2, -0.15) is 0 Å². The van der Waals surface area contributed by atoms with Crippen LogP contribution in [0.4, 0.5) is 0 Å². The van der Waals surface area contributed by atoms with Gasteiger partial charge in [-0.3, -0.25) is 4.98 Å². The van der Waals surface area contributed by atoms with Crippen LogP contribution in [-0.2, 0) is 6.54 Å². The molecule has 0 aliphatic rings. The zero-order valence-corrected chi connectivity index (χ0v) is 9.08. The molecule has 2 rings (SSSR count). The lowest BCUT2D eigenvalue weighted by molar-refractivity contribution is 1.06. The first kappa shape index (κ1) is 11.7. The fraction of sp³-hybridized carbons (Fsp3) is 0.0833. The van der Waals surface area contributed by atoms with E-state index in [2.05, 4.69) is 17.1 Å². The lowest BCUT2D eigenvalue weighted by Gasteiger charge is -2.06. The lowest BCUT2D eigenvalue weighted by Crippen LogP contribution is -1.99. The van der Waals surface area contributed by atoms with Crippen molar-refractivity contribution in [2.45, 2.75) is 6.54 Å². The molecule has 0 radical (unpaired) electrons. The third kappa shape index (κ3) is 2.55. The smallest absolute Gasteiger partial charge is 0.0349 e. The van der Waals surface area contributed by atoms with E-state index in [9.17, 15) is 0 Å². The van der Waals surface area contributed by atoms with E-state index in [-0.39, 0.29) is 12.4 Å². The topological polar surface area (TPSA) is 38.9 Å². The van der Waals surface area contributed by atoms with Gasteiger partial charge in [-0.05, 0) is 17.2 Å². The number of aromatic nitrogens is 1. The standard InChI is InChI=1S/C12H12N2.ClH/c13-8-11-6-7-14-9-12(11)10-4-2-1-3-5-10;/h1-7,9H,8,13H2;1H. The molecule has 2 N–H and O–H groups in total. The summed E-state index contributed by atoms with van der Waals surface area (Å²) in [6.45, 7) is 0.548. The van der Waals surface area contributed by atoms with Crippen LogP contribution in [0.25, 0.3) is 11.1 Å². The molecular weight excluding hydrogens is 208 g/mol. The molecule has 0 unspecified atom stereocenters. The van der Waals surface area contributed by atoms with Crippen LogP contribution < -0.4 is 5.73 Å². The molecule has 0 fully saturated rings. The molecule has 0 amide bonds. The van der Waals surface area contributed by atoms with Crippen LogP contribution in [0.1, 0.15) is 5.56 Å². The minimum absolute atomic E-state index is 0. The Kier molecular flexibility index (Phi) is 4.28. The molecule has 2 nitrogen and oxygen atoms in total. The SMILES string of the molecule is Cl.NCc1ccncc1-c1ccccc1. The van der Waals surface area contributed by atoms with Crippen molar-refractivity contribution in [3.8, 4) is 11.1 Å². The first-order valence-corrected chi connectivity index (χ1v) is 4.60. The first-order chi connectivity index (χ1) is 6.92. The van der Waals surface area contributed by atoms with Gasteiger partial charge in [0, 0.05) is 24.5 Å². The van der Waals surface area contributed by atoms with Crippen molar-refractivity contribution in [2.75, 3.05) is 0 Å². The van der Waals surface area contributed by atoms with Gasteiger partial charge in [-0.15, -0.1) is 12.4 Å². The summed E-state index contributed by atoms with van der Waals surface area (Å²) >= 11 is 0. The molecule has 0 spiro atoms. The van der Waals surface area contributed by atoms with Crippen LogP contribution in [0, 0.1) is 0 Å². The number of nitrogens with zero attached hydrogens (tertiary/aromatic N) is 1. The second kappa shape index (κ2) is 5.49. The van der Waals surface area contributed by atoms with Crippen LogP contribution in [0.3, 0.4) is 0 Å². The Morgan fingerprint density at radius 2 is 1.80 bits per heavy atom. The summed E-state index contributed by atoms with van der Waals surface area (Å²) < 4.78 is 0. The van der Waals surface area contributed by atoms with Gasteiger partial charge in [0.25, 0.3) is 0 Å². The van der Waals surface area contributed by atoms with E-state index in [1.165, 1.54) is 5.56 Å². The highest BCUT2D eigenvalue weighted by molar-refractivity contribution is 5.85. The molecule has 2 aromatic rings. The molecule has 78 valence electrons. The first-order valence-electron chi connectivity index (χ1n) is 4.60. The van der Waals surface area contributed by atoms with Gasteiger partial charge >= 0.3 is 0 Å². The van der Waals surface area contributed by atoms with Crippen LogP contribution >= 0.6 is 12.4 Å². The molecule has 0 atom stereocenters. The monoisotopic (exact) mass is 220 g/mol. The van der Waals surface area contributed by atoms with Gasteiger partial charge in [-0.1, -0.05) is 30.3 Å². The average molecular weight is 221 g/mol. The Hall–Kier alpha value is -1.38. The molecule has 1 aromatic heterocycles. The molecule has 1 heterocycles. The number of benzene rings is 1. The number of rotatable bonds is 2. The van der Waals surface area contributed by atoms with Gasteiger partial charge in [0.05, 0.1) is 0 Å². The summed E-state index contributed by atoms with van der Waals surface area (Å²) in [4.78, 5) is 4.11. The Balaban J connectivity index is 0.00000112. The molecule has 3 heteroatoms. The highest BCUT2D eigenvalue weighted by Crippen LogP contribution is 2.21. The quantitative estimate of drug-likeness (QED) is 0.845. The van der Waals surface area contributed by atoms with Crippen LogP contribution in [0.2, 0.25) is 0 Å². The minimum Gasteiger partial charge on any atom is -0.326 e. The number of pyridine rings is 1. The van der Waals surface area contributed by atoms with Gasteiger partial charge in [-0.25, -0.2) is 0 Å². The summed E-state index contributed by atoms with van der Waals surface area (Å²) in [5, 5.41) is 0. The maximum absolute atomic E-state index is 5.66. The highest BCUT2D eigenvalue weighted by atomic mass is 35.5. The number of hydrogen-bond donors (Lipinski definition) is 1. The fourth-order valence-electron chi connectivity index (χ4n) is 1.48. The normalized spacial score (nSPS) is 9.40. The van der Waals surface area contributed by atoms with E-state index in [4.69, 9.17) is 5.73 Å². The van der Waals surface area contributed by atoms with Crippen molar-refractivity contribution in [3.05, 3.63) is 54.4 Å². The third-order valence-electron chi connectivity index (χ3n) is 2.22. The van der Waals surface area contributed by atoms with Crippen LogP contribution in [0.5, 0.6) is 0 Å². The Labute approximate surface area is 95.6 Å². The van der Waals surface area contributed by atoms with Crippen molar-refractivity contribution in [1.82, 2.24) is 4.98 Å². The molecule has 0 saturated carbocycles. The number of halogens is 1. The largest absolute Gasteiger partial charge is 0.326 e. The van der Waals surface area contributed by atoms with Gasteiger partial charge in [0.1, 0.15) is 0 Å². The highest BCUT2D eigenvalue weighted by Gasteiger charge is 2.01. The van der Waals surface area contributed by atoms with E-state index in [1.54, 1.807) is 6.20 Å². The van der Waals surface area contributed by atoms with Gasteiger partial charge < -0.3 is 5.73 Å². The molecule has 0 saturated heterocycles. The summed E-state index contributed by atoms with van der Waals surface area (Å²) in [5.41, 5.74) is 9.08. The summed E-state index contributed by atoms with van der Waals surface area (Å²) in [6.07, 6.45) is 3.63. The second-order valence-corrected chi connectivity index (χ2v) is 3.10. The molecule has 15 heavy (non-hydrogen) atoms. The van der Waals surface area contributed by atoms with Crippen LogP contribution in [0.15, 0.2) is 48.8 Å². The van der Waals surface area contributed by atoms with E-state index in [1.807, 2.05) is 30.5 Å². The van der Waals surface area contributed by atoms with Crippen molar-refractivity contribution >= 4 is 12.4 Å². The maximum Gasteiger partial charge on any atom is 0.0349 e. The Morgan fingerprint density at radius 1 is 1.07 bits per heavy atom. The number of hydrogen-bond acceptors (Lipinski definition) is 2. The summed E-state index contributed by atoms with van der Waals surface area (Å²) in [7, 11) is 0. The van der Waals surface area contributed by atoms with E-state index >= 15 is 0 Å². The van der Waals surface area contributed by atoms with E-state index in [0.717, 1.165) is 11.1 Å². The summed E-state index contributed by atoms with van der Waals surface area (Å²) in [6, 6.07) is 12.1. The molecule has 0 bridgehead atoms. The molecular formula is C12H13ClN2. The van der Waals surface area contributed by atoms with Gasteiger partial charge in [0.2, 0.25) is 0 Å². The Bertz CT molecular complexity index is 415. The van der Waals surface area contributed by atoms with Crippen molar-refractivity contribution in [2.24, 2.45) is 5.73 Å². The zero-order chi connectivity index (χ0) is 9.80. The molecule has 0 aliphatic heterocycles. The predicted octanol–water partition coefficient (Wildman–Crippen LogP) is 2.63. The molecule has 1 aromatic carbocycles. The maximum atomic E-state index is 5.66. The zero-order valence-electron chi connectivity index (χ0n) is 8.26. The van der Waals surface area contributed by atoms with Gasteiger partial charge in [0.15, 0.2) is 0 Å². The summed E-state index contributed by atoms with van der Waals surface area (Å²) in [5.74, 6) is 0. The van der Waals surface area contributed by atoms with E-state index < -0.39 is 0 Å². The predicted molar refractivity (Wildman–Crippen MR) is 64.8 cm³/mol. The third-order valence-corrected chi connectivity index (χ3v) is 2.22. The molecule has 0 aliphatic carbocycles. The minimum atomic E-state index is 0. The van der Waals surface area contributed by atoms with Crippen molar-refractivity contribution in [1.29, 1.82) is 0 Å². The Morgan fingerprint density at radius 3 is 2.47 bits per heavy atom. The second-order valence-electron chi connectivity index (χ2n) is 3.10. The average Bonchev–Trinajstić information content (AvgIpc) is 2.30.